The molecule has 0 unspecified atom stereocenters. The molecule has 0 saturated heterocycles. The summed E-state index contributed by atoms with van der Waals surface area (Å²) in [6, 6.07) is 9.50. The van der Waals surface area contributed by atoms with Crippen molar-refractivity contribution in [3.8, 4) is 0 Å². The molecule has 0 aromatic carbocycles. The van der Waals surface area contributed by atoms with Gasteiger partial charge in [0.25, 0.3) is 0 Å². The Morgan fingerprint density at radius 3 is 2.80 bits per heavy atom. The Balaban J connectivity index is 1.99. The van der Waals surface area contributed by atoms with Gasteiger partial charge in [-0.15, -0.1) is 0 Å². The first kappa shape index (κ1) is 9.45. The van der Waals surface area contributed by atoms with Crippen LogP contribution in [0.1, 0.15) is 5.69 Å². The Hall–Kier alpha value is -2.10. The van der Waals surface area contributed by atoms with Gasteiger partial charge >= 0.3 is 0 Å². The lowest BCUT2D eigenvalue weighted by molar-refractivity contribution is 1.04. The summed E-state index contributed by atoms with van der Waals surface area (Å²) in [5, 5.41) is 3.22. The van der Waals surface area contributed by atoms with Crippen LogP contribution in [0.15, 0.2) is 42.7 Å². The third-order valence-corrected chi connectivity index (χ3v) is 1.98. The van der Waals surface area contributed by atoms with Gasteiger partial charge in [0.1, 0.15) is 5.82 Å². The van der Waals surface area contributed by atoms with E-state index in [4.69, 9.17) is 5.73 Å². The van der Waals surface area contributed by atoms with Crippen molar-refractivity contribution in [3.05, 3.63) is 48.4 Å². The number of nitrogens with one attached hydrogen (secondary N) is 1. The largest absolute Gasteiger partial charge is 0.384 e. The SMILES string of the molecule is Nc1cc(NCc2ccccn2)ccn1. The van der Waals surface area contributed by atoms with Crippen molar-refractivity contribution in [2.45, 2.75) is 6.54 Å². The number of nitrogens with zero attached hydrogens (tertiary/aromatic N) is 2. The minimum atomic E-state index is 0.515. The van der Waals surface area contributed by atoms with E-state index in [2.05, 4.69) is 15.3 Å². The predicted octanol–water partition coefficient (Wildman–Crippen LogP) is 1.67. The molecule has 2 aromatic heterocycles. The Kier molecular flexibility index (Phi) is 2.78. The zero-order valence-electron chi connectivity index (χ0n) is 8.22. The molecule has 0 spiro atoms. The van der Waals surface area contributed by atoms with E-state index < -0.39 is 0 Å². The van der Waals surface area contributed by atoms with Crippen LogP contribution >= 0.6 is 0 Å². The number of pyridine rings is 2. The Labute approximate surface area is 88.2 Å². The molecular formula is C11H12N4. The first-order valence-electron chi connectivity index (χ1n) is 4.70. The van der Waals surface area contributed by atoms with Crippen LogP contribution < -0.4 is 11.1 Å². The van der Waals surface area contributed by atoms with Crippen LogP contribution in [0, 0.1) is 0 Å². The fraction of sp³-hybridized carbons (Fsp3) is 0.0909. The molecule has 0 radical (unpaired) electrons. The molecule has 76 valence electrons. The number of anilines is 2. The molecule has 3 N–H and O–H groups in total. The van der Waals surface area contributed by atoms with Gasteiger partial charge in [-0.3, -0.25) is 4.98 Å². The fourth-order valence-electron chi connectivity index (χ4n) is 1.25. The normalized spacial score (nSPS) is 9.87. The highest BCUT2D eigenvalue weighted by molar-refractivity contribution is 5.49. The topological polar surface area (TPSA) is 63.8 Å². The van der Waals surface area contributed by atoms with Crippen molar-refractivity contribution in [1.82, 2.24) is 9.97 Å². The second-order valence-electron chi connectivity index (χ2n) is 3.14. The van der Waals surface area contributed by atoms with Crippen LogP contribution in [0.4, 0.5) is 11.5 Å². The van der Waals surface area contributed by atoms with Crippen LogP contribution in [-0.2, 0) is 6.54 Å². The molecule has 2 rings (SSSR count). The standard InChI is InChI=1S/C11H12N4/c12-11-7-9(4-6-14-11)15-8-10-3-1-2-5-13-10/h1-7H,8H2,(H3,12,14,15). The van der Waals surface area contributed by atoms with Crippen LogP contribution in [-0.4, -0.2) is 9.97 Å². The molecule has 2 heterocycles. The molecule has 0 amide bonds. The number of hydrogen-bond donors (Lipinski definition) is 2. The molecule has 0 fully saturated rings. The first-order chi connectivity index (χ1) is 7.34. The smallest absolute Gasteiger partial charge is 0.125 e. The zero-order valence-corrected chi connectivity index (χ0v) is 8.22. The summed E-state index contributed by atoms with van der Waals surface area (Å²) in [6.45, 7) is 0.685. The molecule has 0 aliphatic heterocycles. The van der Waals surface area contributed by atoms with Crippen molar-refractivity contribution in [1.29, 1.82) is 0 Å². The number of nitrogen functional groups attached to an aromatic ring is 1. The summed E-state index contributed by atoms with van der Waals surface area (Å²) < 4.78 is 0. The summed E-state index contributed by atoms with van der Waals surface area (Å²) in [5.41, 5.74) is 7.51. The molecule has 0 aliphatic rings. The van der Waals surface area contributed by atoms with Gasteiger partial charge in [-0.05, 0) is 18.2 Å². The van der Waals surface area contributed by atoms with E-state index in [-0.39, 0.29) is 0 Å². The molecule has 2 aromatic rings. The van der Waals surface area contributed by atoms with Gasteiger partial charge in [0.2, 0.25) is 0 Å². The summed E-state index contributed by atoms with van der Waals surface area (Å²) in [7, 11) is 0. The van der Waals surface area contributed by atoms with Crippen LogP contribution in [0.5, 0.6) is 0 Å². The quantitative estimate of drug-likeness (QED) is 0.791. The zero-order chi connectivity index (χ0) is 10.5. The minimum Gasteiger partial charge on any atom is -0.384 e. The lowest BCUT2D eigenvalue weighted by Gasteiger charge is -2.05. The van der Waals surface area contributed by atoms with E-state index in [0.29, 0.717) is 12.4 Å². The van der Waals surface area contributed by atoms with Crippen molar-refractivity contribution >= 4 is 11.5 Å². The summed E-state index contributed by atoms with van der Waals surface area (Å²) >= 11 is 0. The molecule has 0 atom stereocenters. The maximum Gasteiger partial charge on any atom is 0.125 e. The van der Waals surface area contributed by atoms with Gasteiger partial charge in [-0.2, -0.15) is 0 Å². The fourth-order valence-corrected chi connectivity index (χ4v) is 1.25. The highest BCUT2D eigenvalue weighted by Crippen LogP contribution is 2.09. The van der Waals surface area contributed by atoms with Gasteiger partial charge in [-0.25, -0.2) is 4.98 Å². The van der Waals surface area contributed by atoms with Crippen molar-refractivity contribution in [2.24, 2.45) is 0 Å². The molecule has 0 bridgehead atoms. The minimum absolute atomic E-state index is 0.515. The van der Waals surface area contributed by atoms with Crippen molar-refractivity contribution in [2.75, 3.05) is 11.1 Å². The van der Waals surface area contributed by atoms with Crippen LogP contribution in [0.3, 0.4) is 0 Å². The van der Waals surface area contributed by atoms with Gasteiger partial charge in [-0.1, -0.05) is 6.07 Å². The number of rotatable bonds is 3. The molecule has 4 heteroatoms. The Morgan fingerprint density at radius 1 is 1.13 bits per heavy atom. The van der Waals surface area contributed by atoms with Crippen LogP contribution in [0.25, 0.3) is 0 Å². The average molecular weight is 200 g/mol. The lowest BCUT2D eigenvalue weighted by Crippen LogP contribution is -2.01. The molecular weight excluding hydrogens is 188 g/mol. The van der Waals surface area contributed by atoms with E-state index >= 15 is 0 Å². The van der Waals surface area contributed by atoms with E-state index in [1.165, 1.54) is 0 Å². The number of nitrogens with two attached hydrogens (primary N) is 1. The van der Waals surface area contributed by atoms with E-state index in [9.17, 15) is 0 Å². The number of aromatic nitrogens is 2. The van der Waals surface area contributed by atoms with E-state index in [1.807, 2.05) is 24.3 Å². The second kappa shape index (κ2) is 4.41. The molecule has 15 heavy (non-hydrogen) atoms. The summed E-state index contributed by atoms with van der Waals surface area (Å²) in [4.78, 5) is 8.12. The van der Waals surface area contributed by atoms with Crippen molar-refractivity contribution in [3.63, 3.8) is 0 Å². The van der Waals surface area contributed by atoms with Gasteiger partial charge in [0.05, 0.1) is 12.2 Å². The van der Waals surface area contributed by atoms with Gasteiger partial charge in [0, 0.05) is 24.1 Å². The van der Waals surface area contributed by atoms with Gasteiger partial charge in [0.15, 0.2) is 0 Å². The maximum atomic E-state index is 5.56. The molecule has 0 saturated carbocycles. The lowest BCUT2D eigenvalue weighted by atomic mass is 10.3. The average Bonchev–Trinajstić information content (AvgIpc) is 2.28. The summed E-state index contributed by atoms with van der Waals surface area (Å²) in [6.07, 6.45) is 3.45. The van der Waals surface area contributed by atoms with Crippen LogP contribution in [0.2, 0.25) is 0 Å². The Morgan fingerprint density at radius 2 is 2.07 bits per heavy atom. The second-order valence-corrected chi connectivity index (χ2v) is 3.14. The van der Waals surface area contributed by atoms with E-state index in [0.717, 1.165) is 11.4 Å². The summed E-state index contributed by atoms with van der Waals surface area (Å²) in [5.74, 6) is 0.515. The molecule has 0 aliphatic carbocycles. The van der Waals surface area contributed by atoms with Gasteiger partial charge < -0.3 is 11.1 Å². The predicted molar refractivity (Wildman–Crippen MR) is 60.2 cm³/mol. The third kappa shape index (κ3) is 2.67. The maximum absolute atomic E-state index is 5.56. The highest BCUT2D eigenvalue weighted by atomic mass is 14.9. The first-order valence-corrected chi connectivity index (χ1v) is 4.70. The molecule has 4 nitrogen and oxygen atoms in total. The monoisotopic (exact) mass is 200 g/mol. The Bertz CT molecular complexity index is 428. The third-order valence-electron chi connectivity index (χ3n) is 1.98. The number of hydrogen-bond acceptors (Lipinski definition) is 4. The van der Waals surface area contributed by atoms with E-state index in [1.54, 1.807) is 18.5 Å². The van der Waals surface area contributed by atoms with Crippen molar-refractivity contribution < 1.29 is 0 Å². The highest BCUT2D eigenvalue weighted by Gasteiger charge is 1.94.